The lowest BCUT2D eigenvalue weighted by atomic mass is 10.1. The zero-order valence-electron chi connectivity index (χ0n) is 13.6. The van der Waals surface area contributed by atoms with E-state index in [0.29, 0.717) is 31.9 Å². The molecule has 1 saturated heterocycles. The summed E-state index contributed by atoms with van der Waals surface area (Å²) < 4.78 is 10.8. The van der Waals surface area contributed by atoms with E-state index in [1.807, 2.05) is 6.07 Å². The molecule has 1 aliphatic rings. The van der Waals surface area contributed by atoms with Crippen molar-refractivity contribution in [2.24, 2.45) is 0 Å². The van der Waals surface area contributed by atoms with E-state index in [-0.39, 0.29) is 17.2 Å². The normalized spacial score (nSPS) is 15.4. The second-order valence-corrected chi connectivity index (χ2v) is 5.68. The number of hydrogen-bond acceptors (Lipinski definition) is 5. The number of aromatic hydroxyl groups is 1. The highest BCUT2D eigenvalue weighted by Crippen LogP contribution is 2.23. The van der Waals surface area contributed by atoms with Crippen LogP contribution in [0, 0.1) is 0 Å². The average molecular weight is 341 g/mol. The van der Waals surface area contributed by atoms with E-state index < -0.39 is 12.1 Å². The van der Waals surface area contributed by atoms with Gasteiger partial charge in [0.05, 0.1) is 18.8 Å². The molecule has 0 bridgehead atoms. The summed E-state index contributed by atoms with van der Waals surface area (Å²) >= 11 is 0. The maximum atomic E-state index is 12.9. The SMILES string of the molecule is O=C(OC(C(=O)N1CCOCC1)c1ccccc1)c1cccc(O)c1. The summed E-state index contributed by atoms with van der Waals surface area (Å²) in [6, 6.07) is 14.8. The van der Waals surface area contributed by atoms with E-state index in [4.69, 9.17) is 9.47 Å². The lowest BCUT2D eigenvalue weighted by Gasteiger charge is -2.30. The molecule has 1 fully saturated rings. The molecule has 0 spiro atoms. The highest BCUT2D eigenvalue weighted by molar-refractivity contribution is 5.93. The van der Waals surface area contributed by atoms with Gasteiger partial charge in [0.15, 0.2) is 0 Å². The number of morpholine rings is 1. The number of carbonyl (C=O) groups excluding carboxylic acids is 2. The van der Waals surface area contributed by atoms with Gasteiger partial charge in [0, 0.05) is 18.7 Å². The van der Waals surface area contributed by atoms with Crippen LogP contribution in [0.25, 0.3) is 0 Å². The van der Waals surface area contributed by atoms with Crippen molar-refractivity contribution in [3.8, 4) is 5.75 Å². The van der Waals surface area contributed by atoms with E-state index in [1.54, 1.807) is 35.2 Å². The van der Waals surface area contributed by atoms with E-state index in [1.165, 1.54) is 18.2 Å². The van der Waals surface area contributed by atoms with Gasteiger partial charge in [-0.05, 0) is 18.2 Å². The van der Waals surface area contributed by atoms with Gasteiger partial charge in [0.1, 0.15) is 5.75 Å². The van der Waals surface area contributed by atoms with Gasteiger partial charge in [-0.2, -0.15) is 0 Å². The fraction of sp³-hybridized carbons (Fsp3) is 0.263. The smallest absolute Gasteiger partial charge is 0.339 e. The Labute approximate surface area is 145 Å². The number of rotatable bonds is 4. The number of nitrogens with zero attached hydrogens (tertiary/aromatic N) is 1. The van der Waals surface area contributed by atoms with E-state index in [9.17, 15) is 14.7 Å². The van der Waals surface area contributed by atoms with E-state index in [2.05, 4.69) is 0 Å². The molecule has 25 heavy (non-hydrogen) atoms. The minimum absolute atomic E-state index is 0.0368. The van der Waals surface area contributed by atoms with Crippen molar-refractivity contribution in [2.45, 2.75) is 6.10 Å². The molecule has 0 aromatic heterocycles. The molecular formula is C19H19NO5. The Kier molecular flexibility index (Phi) is 5.30. The van der Waals surface area contributed by atoms with Gasteiger partial charge in [-0.3, -0.25) is 4.79 Å². The summed E-state index contributed by atoms with van der Waals surface area (Å²) in [7, 11) is 0. The van der Waals surface area contributed by atoms with Crippen molar-refractivity contribution in [1.82, 2.24) is 4.90 Å². The minimum atomic E-state index is -1.03. The summed E-state index contributed by atoms with van der Waals surface area (Å²) in [6.07, 6.45) is -1.03. The minimum Gasteiger partial charge on any atom is -0.508 e. The first-order chi connectivity index (χ1) is 12.1. The molecule has 6 heteroatoms. The predicted molar refractivity (Wildman–Crippen MR) is 90.1 cm³/mol. The molecule has 0 radical (unpaired) electrons. The van der Waals surface area contributed by atoms with Crippen LogP contribution in [0.2, 0.25) is 0 Å². The van der Waals surface area contributed by atoms with Crippen LogP contribution in [0.5, 0.6) is 5.75 Å². The Balaban J connectivity index is 1.83. The van der Waals surface area contributed by atoms with Crippen LogP contribution < -0.4 is 0 Å². The van der Waals surface area contributed by atoms with Crippen molar-refractivity contribution >= 4 is 11.9 Å². The number of esters is 1. The molecular weight excluding hydrogens is 322 g/mol. The summed E-state index contributed by atoms with van der Waals surface area (Å²) in [5.41, 5.74) is 0.795. The molecule has 130 valence electrons. The quantitative estimate of drug-likeness (QED) is 0.863. The molecule has 6 nitrogen and oxygen atoms in total. The van der Waals surface area contributed by atoms with E-state index >= 15 is 0 Å². The first-order valence-corrected chi connectivity index (χ1v) is 8.06. The molecule has 0 saturated carbocycles. The largest absolute Gasteiger partial charge is 0.508 e. The van der Waals surface area contributed by atoms with Crippen molar-refractivity contribution in [3.05, 3.63) is 65.7 Å². The maximum absolute atomic E-state index is 12.9. The summed E-state index contributed by atoms with van der Waals surface area (Å²) in [5, 5.41) is 9.53. The number of benzene rings is 2. The van der Waals surface area contributed by atoms with Crippen LogP contribution in [0.15, 0.2) is 54.6 Å². The van der Waals surface area contributed by atoms with E-state index in [0.717, 1.165) is 0 Å². The number of amides is 1. The topological polar surface area (TPSA) is 76.1 Å². The third-order valence-electron chi connectivity index (χ3n) is 3.96. The van der Waals surface area contributed by atoms with Crippen molar-refractivity contribution in [1.29, 1.82) is 0 Å². The van der Waals surface area contributed by atoms with Crippen molar-refractivity contribution in [3.63, 3.8) is 0 Å². The second-order valence-electron chi connectivity index (χ2n) is 5.68. The van der Waals surface area contributed by atoms with Gasteiger partial charge < -0.3 is 19.5 Å². The lowest BCUT2D eigenvalue weighted by molar-refractivity contribution is -0.145. The standard InChI is InChI=1S/C19H19NO5/c21-16-8-4-7-15(13-16)19(23)25-17(14-5-2-1-3-6-14)18(22)20-9-11-24-12-10-20/h1-8,13,17,21H,9-12H2. The molecule has 2 aromatic carbocycles. The highest BCUT2D eigenvalue weighted by Gasteiger charge is 2.30. The van der Waals surface area contributed by atoms with Gasteiger partial charge in [0.2, 0.25) is 6.10 Å². The Hall–Kier alpha value is -2.86. The molecule has 1 amide bonds. The number of hydrogen-bond donors (Lipinski definition) is 1. The first-order valence-electron chi connectivity index (χ1n) is 8.06. The zero-order valence-corrected chi connectivity index (χ0v) is 13.6. The number of phenols is 1. The van der Waals surface area contributed by atoms with Gasteiger partial charge in [0.25, 0.3) is 5.91 Å². The molecule has 1 unspecified atom stereocenters. The number of phenolic OH excluding ortho intramolecular Hbond substituents is 1. The molecule has 0 aliphatic carbocycles. The molecule has 3 rings (SSSR count). The molecule has 2 aromatic rings. The monoisotopic (exact) mass is 341 g/mol. The average Bonchev–Trinajstić information content (AvgIpc) is 2.67. The Bertz CT molecular complexity index is 740. The highest BCUT2D eigenvalue weighted by atomic mass is 16.5. The Morgan fingerprint density at radius 2 is 1.76 bits per heavy atom. The summed E-state index contributed by atoms with van der Waals surface area (Å²) in [6.45, 7) is 1.86. The van der Waals surface area contributed by atoms with Crippen LogP contribution in [0.4, 0.5) is 0 Å². The van der Waals surface area contributed by atoms with Crippen molar-refractivity contribution < 1.29 is 24.2 Å². The number of carbonyl (C=O) groups is 2. The second kappa shape index (κ2) is 7.81. The van der Waals surface area contributed by atoms with Gasteiger partial charge >= 0.3 is 5.97 Å². The molecule has 1 N–H and O–H groups in total. The Morgan fingerprint density at radius 1 is 1.04 bits per heavy atom. The molecule has 1 aliphatic heterocycles. The van der Waals surface area contributed by atoms with Crippen LogP contribution in [0.1, 0.15) is 22.0 Å². The predicted octanol–water partition coefficient (Wildman–Crippen LogP) is 2.15. The third-order valence-corrected chi connectivity index (χ3v) is 3.96. The van der Waals surface area contributed by atoms with Gasteiger partial charge in [-0.25, -0.2) is 4.79 Å². The maximum Gasteiger partial charge on any atom is 0.339 e. The van der Waals surface area contributed by atoms with Gasteiger partial charge in [-0.1, -0.05) is 36.4 Å². The van der Waals surface area contributed by atoms with Crippen molar-refractivity contribution in [2.75, 3.05) is 26.3 Å². The lowest BCUT2D eigenvalue weighted by Crippen LogP contribution is -2.44. The van der Waals surface area contributed by atoms with Gasteiger partial charge in [-0.15, -0.1) is 0 Å². The van der Waals surface area contributed by atoms with Crippen LogP contribution >= 0.6 is 0 Å². The Morgan fingerprint density at radius 3 is 2.44 bits per heavy atom. The number of ether oxygens (including phenoxy) is 2. The zero-order chi connectivity index (χ0) is 17.6. The molecule has 1 atom stereocenters. The van der Waals surface area contributed by atoms with Crippen LogP contribution in [-0.4, -0.2) is 48.2 Å². The fourth-order valence-electron chi connectivity index (χ4n) is 2.65. The van der Waals surface area contributed by atoms with Crippen LogP contribution in [0.3, 0.4) is 0 Å². The summed E-state index contributed by atoms with van der Waals surface area (Å²) in [4.78, 5) is 27.0. The first kappa shape index (κ1) is 17.0. The van der Waals surface area contributed by atoms with Crippen LogP contribution in [-0.2, 0) is 14.3 Å². The fourth-order valence-corrected chi connectivity index (χ4v) is 2.65. The summed E-state index contributed by atoms with van der Waals surface area (Å²) in [5.74, 6) is -0.973. The third kappa shape index (κ3) is 4.16. The molecule has 1 heterocycles.